The van der Waals surface area contributed by atoms with E-state index in [1.807, 2.05) is 36.4 Å². The molecule has 0 aliphatic carbocycles. The lowest BCUT2D eigenvalue weighted by molar-refractivity contribution is 0.172. The summed E-state index contributed by atoms with van der Waals surface area (Å²) in [6.07, 6.45) is 0. The van der Waals surface area contributed by atoms with Gasteiger partial charge in [0.25, 0.3) is 0 Å². The van der Waals surface area contributed by atoms with Gasteiger partial charge in [0.05, 0.1) is 5.52 Å². The zero-order valence-corrected chi connectivity index (χ0v) is 11.3. The van der Waals surface area contributed by atoms with Crippen molar-refractivity contribution in [2.75, 3.05) is 13.2 Å². The van der Waals surface area contributed by atoms with Crippen molar-refractivity contribution in [3.63, 3.8) is 0 Å². The maximum Gasteiger partial charge on any atom is 0.190 e. The number of pyridine rings is 1. The topological polar surface area (TPSA) is 51.3 Å². The van der Waals surface area contributed by atoms with Crippen LogP contribution in [0.25, 0.3) is 22.2 Å². The van der Waals surface area contributed by atoms with E-state index in [-0.39, 0.29) is 5.43 Å². The Morgan fingerprint density at radius 1 is 0.905 bits per heavy atom. The van der Waals surface area contributed by atoms with Crippen molar-refractivity contribution >= 4 is 10.9 Å². The lowest BCUT2D eigenvalue weighted by Crippen LogP contribution is -2.16. The third-order valence-electron chi connectivity index (χ3n) is 3.58. The van der Waals surface area contributed by atoms with Crippen LogP contribution in [0.4, 0.5) is 0 Å². The molecule has 0 atom stereocenters. The standard InChI is InChI=1S/C17H13NO3/c19-15-9-13(11-4-2-1-3-5-11)18-14-10-17-16(8-12(14)15)20-6-7-21-17/h1-5,8-10H,6-7H2,(H,18,19). The summed E-state index contributed by atoms with van der Waals surface area (Å²) >= 11 is 0. The van der Waals surface area contributed by atoms with Crippen molar-refractivity contribution in [2.24, 2.45) is 0 Å². The first kappa shape index (κ1) is 12.0. The average molecular weight is 279 g/mol. The third-order valence-corrected chi connectivity index (χ3v) is 3.58. The van der Waals surface area contributed by atoms with Gasteiger partial charge < -0.3 is 14.5 Å². The molecule has 104 valence electrons. The van der Waals surface area contributed by atoms with E-state index in [9.17, 15) is 4.79 Å². The molecule has 2 heterocycles. The Morgan fingerprint density at radius 3 is 2.38 bits per heavy atom. The molecule has 0 saturated heterocycles. The molecule has 2 aromatic carbocycles. The van der Waals surface area contributed by atoms with Crippen LogP contribution in [0, 0.1) is 0 Å². The Labute approximate surface area is 121 Å². The highest BCUT2D eigenvalue weighted by Gasteiger charge is 2.14. The molecule has 1 aromatic heterocycles. The quantitative estimate of drug-likeness (QED) is 0.745. The van der Waals surface area contributed by atoms with Crippen LogP contribution in [0.15, 0.2) is 53.3 Å². The van der Waals surface area contributed by atoms with Crippen molar-refractivity contribution in [3.05, 3.63) is 58.8 Å². The number of aromatic nitrogens is 1. The van der Waals surface area contributed by atoms with E-state index < -0.39 is 0 Å². The van der Waals surface area contributed by atoms with Gasteiger partial charge in [-0.2, -0.15) is 0 Å². The predicted octanol–water partition coefficient (Wildman–Crippen LogP) is 2.97. The van der Waals surface area contributed by atoms with Crippen LogP contribution in [0.3, 0.4) is 0 Å². The summed E-state index contributed by atoms with van der Waals surface area (Å²) in [5.41, 5.74) is 2.50. The zero-order chi connectivity index (χ0) is 14.2. The van der Waals surface area contributed by atoms with Crippen LogP contribution < -0.4 is 14.9 Å². The smallest absolute Gasteiger partial charge is 0.190 e. The van der Waals surface area contributed by atoms with Crippen molar-refractivity contribution < 1.29 is 9.47 Å². The Morgan fingerprint density at radius 2 is 1.62 bits per heavy atom. The maximum atomic E-state index is 12.3. The van der Waals surface area contributed by atoms with E-state index in [2.05, 4.69) is 4.98 Å². The summed E-state index contributed by atoms with van der Waals surface area (Å²) in [6, 6.07) is 15.0. The molecule has 4 rings (SSSR count). The van der Waals surface area contributed by atoms with Gasteiger partial charge >= 0.3 is 0 Å². The first-order valence-corrected chi connectivity index (χ1v) is 6.83. The molecule has 0 saturated carbocycles. The minimum atomic E-state index is -0.0282. The molecule has 1 aliphatic heterocycles. The van der Waals surface area contributed by atoms with E-state index in [0.29, 0.717) is 30.1 Å². The molecule has 0 amide bonds. The van der Waals surface area contributed by atoms with Crippen LogP contribution in [0.2, 0.25) is 0 Å². The largest absolute Gasteiger partial charge is 0.486 e. The summed E-state index contributed by atoms with van der Waals surface area (Å²) < 4.78 is 11.1. The number of rotatable bonds is 1. The van der Waals surface area contributed by atoms with Gasteiger partial charge in [0.1, 0.15) is 13.2 Å². The number of fused-ring (bicyclic) bond motifs is 2. The molecule has 0 fully saturated rings. The second-order valence-corrected chi connectivity index (χ2v) is 4.95. The predicted molar refractivity (Wildman–Crippen MR) is 81.0 cm³/mol. The maximum absolute atomic E-state index is 12.3. The van der Waals surface area contributed by atoms with Crippen molar-refractivity contribution in [2.45, 2.75) is 0 Å². The van der Waals surface area contributed by atoms with Crippen LogP contribution in [-0.4, -0.2) is 18.2 Å². The number of aromatic amines is 1. The molecule has 0 spiro atoms. The number of benzene rings is 2. The number of hydrogen-bond acceptors (Lipinski definition) is 3. The molecule has 1 N–H and O–H groups in total. The second-order valence-electron chi connectivity index (χ2n) is 4.95. The molecule has 0 unspecified atom stereocenters. The Bertz CT molecular complexity index is 868. The van der Waals surface area contributed by atoms with E-state index in [4.69, 9.17) is 9.47 Å². The Kier molecular flexibility index (Phi) is 2.67. The molecule has 0 bridgehead atoms. The lowest BCUT2D eigenvalue weighted by Gasteiger charge is -2.18. The normalized spacial score (nSPS) is 13.3. The van der Waals surface area contributed by atoms with Gasteiger partial charge in [0.15, 0.2) is 16.9 Å². The van der Waals surface area contributed by atoms with E-state index in [1.165, 1.54) is 0 Å². The van der Waals surface area contributed by atoms with Gasteiger partial charge in [-0.05, 0) is 11.6 Å². The van der Waals surface area contributed by atoms with Crippen LogP contribution in [0.1, 0.15) is 0 Å². The summed E-state index contributed by atoms with van der Waals surface area (Å²) in [6.45, 7) is 1.04. The van der Waals surface area contributed by atoms with Gasteiger partial charge in [0.2, 0.25) is 0 Å². The Balaban J connectivity index is 1.95. The van der Waals surface area contributed by atoms with Crippen molar-refractivity contribution in [1.29, 1.82) is 0 Å². The number of H-pyrrole nitrogens is 1. The summed E-state index contributed by atoms with van der Waals surface area (Å²) in [5, 5.41) is 0.610. The van der Waals surface area contributed by atoms with Crippen LogP contribution in [-0.2, 0) is 0 Å². The minimum absolute atomic E-state index is 0.0282. The zero-order valence-electron chi connectivity index (χ0n) is 11.3. The Hall–Kier alpha value is -2.75. The molecule has 3 aromatic rings. The van der Waals surface area contributed by atoms with Crippen LogP contribution in [0.5, 0.6) is 11.5 Å². The molecule has 4 nitrogen and oxygen atoms in total. The van der Waals surface area contributed by atoms with Crippen molar-refractivity contribution in [3.8, 4) is 22.8 Å². The number of nitrogens with one attached hydrogen (secondary N) is 1. The van der Waals surface area contributed by atoms with Gasteiger partial charge in [0, 0.05) is 23.2 Å². The fourth-order valence-electron chi connectivity index (χ4n) is 2.56. The van der Waals surface area contributed by atoms with Gasteiger partial charge in [-0.25, -0.2) is 0 Å². The van der Waals surface area contributed by atoms with Gasteiger partial charge in [-0.15, -0.1) is 0 Å². The first-order valence-electron chi connectivity index (χ1n) is 6.83. The fraction of sp³-hybridized carbons (Fsp3) is 0.118. The molecule has 0 radical (unpaired) electrons. The SMILES string of the molecule is O=c1cc(-c2ccccc2)[nH]c2cc3c(cc12)OCCO3. The van der Waals surface area contributed by atoms with E-state index >= 15 is 0 Å². The highest BCUT2D eigenvalue weighted by atomic mass is 16.6. The minimum Gasteiger partial charge on any atom is -0.486 e. The number of ether oxygens (including phenoxy) is 2. The van der Waals surface area contributed by atoms with Crippen LogP contribution >= 0.6 is 0 Å². The highest BCUT2D eigenvalue weighted by Crippen LogP contribution is 2.33. The fourth-order valence-corrected chi connectivity index (χ4v) is 2.56. The molecule has 1 aliphatic rings. The van der Waals surface area contributed by atoms with Gasteiger partial charge in [-0.3, -0.25) is 4.79 Å². The summed E-state index contributed by atoms with van der Waals surface area (Å²) in [7, 11) is 0. The molecular formula is C17H13NO3. The average Bonchev–Trinajstić information content (AvgIpc) is 2.54. The molecule has 21 heavy (non-hydrogen) atoms. The lowest BCUT2D eigenvalue weighted by atomic mass is 10.1. The van der Waals surface area contributed by atoms with E-state index in [0.717, 1.165) is 16.8 Å². The second kappa shape index (κ2) is 4.66. The van der Waals surface area contributed by atoms with E-state index in [1.54, 1.807) is 12.1 Å². The number of hydrogen-bond donors (Lipinski definition) is 1. The molecular weight excluding hydrogens is 266 g/mol. The van der Waals surface area contributed by atoms with Crippen molar-refractivity contribution in [1.82, 2.24) is 4.98 Å². The third kappa shape index (κ3) is 2.05. The molecule has 4 heteroatoms. The highest BCUT2D eigenvalue weighted by molar-refractivity contribution is 5.85. The van der Waals surface area contributed by atoms with Gasteiger partial charge in [-0.1, -0.05) is 30.3 Å². The summed E-state index contributed by atoms with van der Waals surface area (Å²) in [4.78, 5) is 15.6. The monoisotopic (exact) mass is 279 g/mol. The summed E-state index contributed by atoms with van der Waals surface area (Å²) in [5.74, 6) is 1.31. The first-order chi connectivity index (χ1) is 10.3.